The summed E-state index contributed by atoms with van der Waals surface area (Å²) in [6, 6.07) is 3.91. The van der Waals surface area contributed by atoms with Crippen LogP contribution in [-0.4, -0.2) is 50.1 Å². The molecule has 0 aliphatic carbocycles. The van der Waals surface area contributed by atoms with Crippen molar-refractivity contribution in [3.8, 4) is 11.4 Å². The minimum absolute atomic E-state index is 0.672. The van der Waals surface area contributed by atoms with E-state index < -0.39 is 0 Å². The maximum atomic E-state index is 5.14. The molecule has 0 amide bonds. The van der Waals surface area contributed by atoms with E-state index in [0.717, 1.165) is 36.7 Å². The standard InChI is InChI=1S/C16H22N6O/c1-4-21-7-5-14(18-21)11-15-17-16(13-6-10-23-12-13)19-22(15)9-8-20(2)3/h5-7,10,12H,4,8-9,11H2,1-3H3. The Kier molecular flexibility index (Phi) is 4.57. The van der Waals surface area contributed by atoms with E-state index in [9.17, 15) is 0 Å². The molecule has 0 bridgehead atoms. The summed E-state index contributed by atoms with van der Waals surface area (Å²) in [5.41, 5.74) is 1.90. The lowest BCUT2D eigenvalue weighted by molar-refractivity contribution is 0.369. The first-order valence-corrected chi connectivity index (χ1v) is 7.79. The summed E-state index contributed by atoms with van der Waals surface area (Å²) in [6.45, 7) is 4.65. The Bertz CT molecular complexity index is 741. The van der Waals surface area contributed by atoms with Gasteiger partial charge >= 0.3 is 0 Å². The van der Waals surface area contributed by atoms with E-state index in [1.165, 1.54) is 0 Å². The van der Waals surface area contributed by atoms with Crippen molar-refractivity contribution in [2.45, 2.75) is 26.4 Å². The third-order valence-electron chi connectivity index (χ3n) is 3.65. The van der Waals surface area contributed by atoms with Crippen LogP contribution in [0.1, 0.15) is 18.4 Å². The zero-order chi connectivity index (χ0) is 16.2. The molecule has 0 unspecified atom stereocenters. The molecule has 0 aliphatic rings. The largest absolute Gasteiger partial charge is 0.472 e. The van der Waals surface area contributed by atoms with Crippen LogP contribution in [0.15, 0.2) is 35.3 Å². The molecule has 0 aliphatic heterocycles. The fourth-order valence-corrected chi connectivity index (χ4v) is 2.33. The van der Waals surface area contributed by atoms with E-state index >= 15 is 0 Å². The van der Waals surface area contributed by atoms with Crippen LogP contribution in [0.25, 0.3) is 11.4 Å². The van der Waals surface area contributed by atoms with Crippen LogP contribution in [0.4, 0.5) is 0 Å². The Morgan fingerprint density at radius 3 is 2.74 bits per heavy atom. The zero-order valence-corrected chi connectivity index (χ0v) is 13.8. The van der Waals surface area contributed by atoms with Crippen LogP contribution >= 0.6 is 0 Å². The number of aryl methyl sites for hydroxylation is 1. The van der Waals surface area contributed by atoms with Crippen molar-refractivity contribution in [2.75, 3.05) is 20.6 Å². The predicted octanol–water partition coefficient (Wildman–Crippen LogP) is 1.91. The van der Waals surface area contributed by atoms with Crippen molar-refractivity contribution in [3.63, 3.8) is 0 Å². The summed E-state index contributed by atoms with van der Waals surface area (Å²) in [5.74, 6) is 1.62. The first kappa shape index (κ1) is 15.5. The summed E-state index contributed by atoms with van der Waals surface area (Å²) < 4.78 is 9.03. The molecule has 0 atom stereocenters. The molecule has 3 heterocycles. The molecule has 0 aromatic carbocycles. The lowest BCUT2D eigenvalue weighted by Gasteiger charge is -2.10. The van der Waals surface area contributed by atoms with Gasteiger partial charge in [-0.2, -0.15) is 10.2 Å². The number of aromatic nitrogens is 5. The SMILES string of the molecule is CCn1ccc(Cc2nc(-c3ccoc3)nn2CCN(C)C)n1. The van der Waals surface area contributed by atoms with E-state index in [4.69, 9.17) is 4.42 Å². The Morgan fingerprint density at radius 1 is 1.22 bits per heavy atom. The molecule has 23 heavy (non-hydrogen) atoms. The molecule has 7 nitrogen and oxygen atoms in total. The van der Waals surface area contributed by atoms with Gasteiger partial charge in [0, 0.05) is 19.3 Å². The van der Waals surface area contributed by atoms with Crippen LogP contribution in [0, 0.1) is 0 Å². The van der Waals surface area contributed by atoms with Gasteiger partial charge in [-0.15, -0.1) is 0 Å². The quantitative estimate of drug-likeness (QED) is 0.666. The third kappa shape index (κ3) is 3.68. The van der Waals surface area contributed by atoms with E-state index in [1.54, 1.807) is 12.5 Å². The Morgan fingerprint density at radius 2 is 2.09 bits per heavy atom. The number of hydrogen-bond acceptors (Lipinski definition) is 5. The van der Waals surface area contributed by atoms with Crippen molar-refractivity contribution >= 4 is 0 Å². The van der Waals surface area contributed by atoms with E-state index in [2.05, 4.69) is 41.1 Å². The molecule has 7 heteroatoms. The van der Waals surface area contributed by atoms with Gasteiger partial charge in [-0.05, 0) is 33.2 Å². The van der Waals surface area contributed by atoms with Crippen LogP contribution < -0.4 is 0 Å². The van der Waals surface area contributed by atoms with Gasteiger partial charge in [0.2, 0.25) is 0 Å². The fraction of sp³-hybridized carbons (Fsp3) is 0.438. The number of furan rings is 1. The first-order chi connectivity index (χ1) is 11.2. The van der Waals surface area contributed by atoms with Gasteiger partial charge in [0.25, 0.3) is 0 Å². The van der Waals surface area contributed by atoms with E-state index in [1.807, 2.05) is 27.7 Å². The normalized spacial score (nSPS) is 11.5. The average molecular weight is 314 g/mol. The number of likely N-dealkylation sites (N-methyl/N-ethyl adjacent to an activating group) is 1. The summed E-state index contributed by atoms with van der Waals surface area (Å²) in [7, 11) is 4.10. The highest BCUT2D eigenvalue weighted by atomic mass is 16.3. The minimum Gasteiger partial charge on any atom is -0.472 e. The summed E-state index contributed by atoms with van der Waals surface area (Å²) >= 11 is 0. The Hall–Kier alpha value is -2.41. The number of nitrogens with zero attached hydrogens (tertiary/aromatic N) is 6. The Labute approximate surface area is 135 Å². The second-order valence-corrected chi connectivity index (χ2v) is 5.73. The van der Waals surface area contributed by atoms with Gasteiger partial charge in [0.1, 0.15) is 12.1 Å². The molecule has 0 spiro atoms. The molecular formula is C16H22N6O. The van der Waals surface area contributed by atoms with Crippen LogP contribution in [-0.2, 0) is 19.5 Å². The van der Waals surface area contributed by atoms with Crippen molar-refractivity contribution in [1.82, 2.24) is 29.4 Å². The molecule has 0 fully saturated rings. The first-order valence-electron chi connectivity index (χ1n) is 7.79. The minimum atomic E-state index is 0.672. The molecule has 3 aromatic rings. The number of rotatable bonds is 7. The monoisotopic (exact) mass is 314 g/mol. The maximum Gasteiger partial charge on any atom is 0.184 e. The smallest absolute Gasteiger partial charge is 0.184 e. The van der Waals surface area contributed by atoms with E-state index in [0.29, 0.717) is 12.2 Å². The molecule has 3 aromatic heterocycles. The maximum absolute atomic E-state index is 5.14. The lowest BCUT2D eigenvalue weighted by atomic mass is 10.3. The van der Waals surface area contributed by atoms with Gasteiger partial charge in [0.15, 0.2) is 5.82 Å². The van der Waals surface area contributed by atoms with Gasteiger partial charge < -0.3 is 9.32 Å². The third-order valence-corrected chi connectivity index (χ3v) is 3.65. The molecular weight excluding hydrogens is 292 g/mol. The van der Waals surface area contributed by atoms with Crippen molar-refractivity contribution < 1.29 is 4.42 Å². The van der Waals surface area contributed by atoms with Gasteiger partial charge in [0.05, 0.1) is 30.5 Å². The number of hydrogen-bond donors (Lipinski definition) is 0. The molecule has 0 saturated carbocycles. The van der Waals surface area contributed by atoms with Gasteiger partial charge in [-0.1, -0.05) is 0 Å². The van der Waals surface area contributed by atoms with Crippen molar-refractivity contribution in [1.29, 1.82) is 0 Å². The molecule has 3 rings (SSSR count). The second kappa shape index (κ2) is 6.78. The molecule has 0 radical (unpaired) electrons. The summed E-state index contributed by atoms with van der Waals surface area (Å²) in [6.07, 6.45) is 5.97. The van der Waals surface area contributed by atoms with Gasteiger partial charge in [-0.25, -0.2) is 9.67 Å². The average Bonchev–Trinajstić information content (AvgIpc) is 3.26. The van der Waals surface area contributed by atoms with Crippen LogP contribution in [0.5, 0.6) is 0 Å². The molecule has 0 saturated heterocycles. The van der Waals surface area contributed by atoms with E-state index in [-0.39, 0.29) is 0 Å². The Balaban J connectivity index is 1.86. The van der Waals surface area contributed by atoms with Crippen LogP contribution in [0.2, 0.25) is 0 Å². The molecule has 0 N–H and O–H groups in total. The fourth-order valence-electron chi connectivity index (χ4n) is 2.33. The highest BCUT2D eigenvalue weighted by Crippen LogP contribution is 2.17. The van der Waals surface area contributed by atoms with Crippen molar-refractivity contribution in [2.24, 2.45) is 0 Å². The zero-order valence-electron chi connectivity index (χ0n) is 13.8. The highest BCUT2D eigenvalue weighted by Gasteiger charge is 2.14. The lowest BCUT2D eigenvalue weighted by Crippen LogP contribution is -2.20. The topological polar surface area (TPSA) is 64.9 Å². The van der Waals surface area contributed by atoms with Crippen molar-refractivity contribution in [3.05, 3.63) is 42.4 Å². The van der Waals surface area contributed by atoms with Crippen LogP contribution in [0.3, 0.4) is 0 Å². The summed E-state index contributed by atoms with van der Waals surface area (Å²) in [5, 5.41) is 9.17. The van der Waals surface area contributed by atoms with Gasteiger partial charge in [-0.3, -0.25) is 4.68 Å². The second-order valence-electron chi connectivity index (χ2n) is 5.73. The highest BCUT2D eigenvalue weighted by molar-refractivity contribution is 5.52. The predicted molar refractivity (Wildman–Crippen MR) is 87.0 cm³/mol. The summed E-state index contributed by atoms with van der Waals surface area (Å²) in [4.78, 5) is 6.82. The molecule has 122 valence electrons.